The van der Waals surface area contributed by atoms with E-state index >= 15 is 0 Å². The summed E-state index contributed by atoms with van der Waals surface area (Å²) in [5.41, 5.74) is 0.679. The summed E-state index contributed by atoms with van der Waals surface area (Å²) in [7, 11) is 0. The van der Waals surface area contributed by atoms with Crippen LogP contribution < -0.4 is 5.32 Å². The van der Waals surface area contributed by atoms with Gasteiger partial charge in [0.25, 0.3) is 5.91 Å². The largest absolute Gasteiger partial charge is 0.481 e. The van der Waals surface area contributed by atoms with Crippen molar-refractivity contribution in [3.63, 3.8) is 0 Å². The summed E-state index contributed by atoms with van der Waals surface area (Å²) in [5.74, 6) is -0.967. The van der Waals surface area contributed by atoms with Gasteiger partial charge in [0, 0.05) is 16.8 Å². The number of carbonyl (C=O) groups excluding carboxylic acids is 1. The molecule has 0 aromatic carbocycles. The molecule has 0 spiro atoms. The third kappa shape index (κ3) is 4.67. The first-order chi connectivity index (χ1) is 8.75. The molecule has 106 valence electrons. The smallest absolute Gasteiger partial charge is 0.303 e. The standard InChI is InChI=1S/C14H21NO3S/c1-5-10-8-11(19-9(10)2)13(18)15-14(3,4)7-6-12(16)17/h8H,5-7H2,1-4H3,(H,15,18)(H,16,17). The summed E-state index contributed by atoms with van der Waals surface area (Å²) in [6.45, 7) is 7.76. The molecule has 0 fully saturated rings. The highest BCUT2D eigenvalue weighted by molar-refractivity contribution is 7.14. The number of carboxylic acid groups (broad SMARTS) is 1. The van der Waals surface area contributed by atoms with Gasteiger partial charge in [-0.05, 0) is 45.2 Å². The molecule has 0 saturated heterocycles. The zero-order chi connectivity index (χ0) is 14.6. The zero-order valence-electron chi connectivity index (χ0n) is 11.9. The first kappa shape index (κ1) is 15.7. The minimum atomic E-state index is -0.845. The van der Waals surface area contributed by atoms with Gasteiger partial charge < -0.3 is 10.4 Å². The second kappa shape index (κ2) is 6.19. The fraction of sp³-hybridized carbons (Fsp3) is 0.571. The summed E-state index contributed by atoms with van der Waals surface area (Å²) < 4.78 is 0. The van der Waals surface area contributed by atoms with Gasteiger partial charge >= 0.3 is 5.97 Å². The lowest BCUT2D eigenvalue weighted by Crippen LogP contribution is -2.43. The molecule has 5 heteroatoms. The monoisotopic (exact) mass is 283 g/mol. The van der Waals surface area contributed by atoms with Gasteiger partial charge in [0.2, 0.25) is 0 Å². The van der Waals surface area contributed by atoms with E-state index in [0.29, 0.717) is 11.3 Å². The first-order valence-electron chi connectivity index (χ1n) is 6.39. The molecule has 0 aliphatic heterocycles. The maximum absolute atomic E-state index is 12.1. The van der Waals surface area contributed by atoms with Crippen molar-refractivity contribution in [2.45, 2.75) is 52.5 Å². The predicted molar refractivity (Wildman–Crippen MR) is 76.8 cm³/mol. The van der Waals surface area contributed by atoms with Crippen molar-refractivity contribution < 1.29 is 14.7 Å². The van der Waals surface area contributed by atoms with Crippen molar-refractivity contribution in [2.24, 2.45) is 0 Å². The second-order valence-electron chi connectivity index (χ2n) is 5.28. The Labute approximate surface area is 117 Å². The Hall–Kier alpha value is -1.36. The third-order valence-corrected chi connectivity index (χ3v) is 4.13. The van der Waals surface area contributed by atoms with E-state index in [1.54, 1.807) is 0 Å². The van der Waals surface area contributed by atoms with E-state index in [0.717, 1.165) is 11.3 Å². The van der Waals surface area contributed by atoms with Gasteiger partial charge in [0.05, 0.1) is 4.88 Å². The van der Waals surface area contributed by atoms with Crippen LogP contribution in [0.1, 0.15) is 53.7 Å². The minimum absolute atomic E-state index is 0.0525. The van der Waals surface area contributed by atoms with Crippen LogP contribution in [0.25, 0.3) is 0 Å². The highest BCUT2D eigenvalue weighted by atomic mass is 32.1. The van der Waals surface area contributed by atoms with E-state index in [4.69, 9.17) is 5.11 Å². The topological polar surface area (TPSA) is 66.4 Å². The number of aryl methyl sites for hydroxylation is 2. The predicted octanol–water partition coefficient (Wildman–Crippen LogP) is 2.99. The number of carboxylic acids is 1. The number of nitrogens with one attached hydrogen (secondary N) is 1. The van der Waals surface area contributed by atoms with Crippen LogP contribution in [0.5, 0.6) is 0 Å². The normalized spacial score (nSPS) is 11.4. The lowest BCUT2D eigenvalue weighted by atomic mass is 9.98. The van der Waals surface area contributed by atoms with E-state index in [2.05, 4.69) is 12.2 Å². The first-order valence-corrected chi connectivity index (χ1v) is 7.20. The molecule has 0 aliphatic carbocycles. The number of hydrogen-bond donors (Lipinski definition) is 2. The average Bonchev–Trinajstić information content (AvgIpc) is 2.68. The molecular weight excluding hydrogens is 262 g/mol. The van der Waals surface area contributed by atoms with Gasteiger partial charge in [0.1, 0.15) is 0 Å². The molecule has 0 radical (unpaired) electrons. The van der Waals surface area contributed by atoms with Crippen LogP contribution in [0.4, 0.5) is 0 Å². The third-order valence-electron chi connectivity index (χ3n) is 3.04. The van der Waals surface area contributed by atoms with Crippen LogP contribution in [-0.4, -0.2) is 22.5 Å². The number of carbonyl (C=O) groups is 2. The molecule has 0 bridgehead atoms. The van der Waals surface area contributed by atoms with Crippen molar-refractivity contribution >= 4 is 23.2 Å². The number of hydrogen-bond acceptors (Lipinski definition) is 3. The summed E-state index contributed by atoms with van der Waals surface area (Å²) in [4.78, 5) is 24.6. The van der Waals surface area contributed by atoms with Crippen molar-refractivity contribution in [2.75, 3.05) is 0 Å². The molecule has 0 aliphatic rings. The molecule has 1 aromatic heterocycles. The van der Waals surface area contributed by atoms with Gasteiger partial charge in [-0.2, -0.15) is 0 Å². The van der Waals surface area contributed by atoms with Crippen LogP contribution in [-0.2, 0) is 11.2 Å². The van der Waals surface area contributed by atoms with Gasteiger partial charge in [-0.15, -0.1) is 11.3 Å². The number of thiophene rings is 1. The molecular formula is C14H21NO3S. The van der Waals surface area contributed by atoms with Crippen LogP contribution in [0.15, 0.2) is 6.07 Å². The van der Waals surface area contributed by atoms with Crippen molar-refractivity contribution in [1.82, 2.24) is 5.32 Å². The van der Waals surface area contributed by atoms with Crippen LogP contribution in [0, 0.1) is 6.92 Å². The Morgan fingerprint density at radius 1 is 1.42 bits per heavy atom. The fourth-order valence-corrected chi connectivity index (χ4v) is 2.84. The van der Waals surface area contributed by atoms with E-state index in [1.807, 2.05) is 26.8 Å². The molecule has 0 atom stereocenters. The zero-order valence-corrected chi connectivity index (χ0v) is 12.7. The summed E-state index contributed by atoms with van der Waals surface area (Å²) >= 11 is 1.48. The van der Waals surface area contributed by atoms with Crippen LogP contribution in [0.2, 0.25) is 0 Å². The lowest BCUT2D eigenvalue weighted by Gasteiger charge is -2.25. The van der Waals surface area contributed by atoms with Gasteiger partial charge in [-0.1, -0.05) is 6.92 Å². The highest BCUT2D eigenvalue weighted by Crippen LogP contribution is 2.23. The number of aliphatic carboxylic acids is 1. The van der Waals surface area contributed by atoms with Gasteiger partial charge in [-0.3, -0.25) is 9.59 Å². The fourth-order valence-electron chi connectivity index (χ4n) is 1.83. The van der Waals surface area contributed by atoms with Crippen LogP contribution in [0.3, 0.4) is 0 Å². The molecule has 1 amide bonds. The van der Waals surface area contributed by atoms with Crippen molar-refractivity contribution in [3.05, 3.63) is 21.4 Å². The Bertz CT molecular complexity index is 477. The second-order valence-corrected chi connectivity index (χ2v) is 6.53. The molecule has 1 heterocycles. The molecule has 0 saturated carbocycles. The van der Waals surface area contributed by atoms with Crippen molar-refractivity contribution in [1.29, 1.82) is 0 Å². The average molecular weight is 283 g/mol. The van der Waals surface area contributed by atoms with Gasteiger partial charge in [0.15, 0.2) is 0 Å². The van der Waals surface area contributed by atoms with E-state index in [9.17, 15) is 9.59 Å². The van der Waals surface area contributed by atoms with E-state index < -0.39 is 11.5 Å². The molecule has 2 N–H and O–H groups in total. The van der Waals surface area contributed by atoms with Crippen LogP contribution >= 0.6 is 11.3 Å². The molecule has 0 unspecified atom stereocenters. The van der Waals surface area contributed by atoms with E-state index in [1.165, 1.54) is 16.9 Å². The summed E-state index contributed by atoms with van der Waals surface area (Å²) in [6, 6.07) is 1.92. The molecule has 4 nitrogen and oxygen atoms in total. The minimum Gasteiger partial charge on any atom is -0.481 e. The maximum atomic E-state index is 12.1. The Kier molecular flexibility index (Phi) is 5.11. The lowest BCUT2D eigenvalue weighted by molar-refractivity contribution is -0.137. The molecule has 1 rings (SSSR count). The molecule has 19 heavy (non-hydrogen) atoms. The quantitative estimate of drug-likeness (QED) is 0.843. The SMILES string of the molecule is CCc1cc(C(=O)NC(C)(C)CCC(=O)O)sc1C. The number of rotatable bonds is 6. The van der Waals surface area contributed by atoms with Gasteiger partial charge in [-0.25, -0.2) is 0 Å². The Morgan fingerprint density at radius 3 is 2.53 bits per heavy atom. The van der Waals surface area contributed by atoms with Crippen molar-refractivity contribution in [3.8, 4) is 0 Å². The number of amides is 1. The molecule has 1 aromatic rings. The van der Waals surface area contributed by atoms with E-state index in [-0.39, 0.29) is 12.3 Å². The maximum Gasteiger partial charge on any atom is 0.303 e. The summed E-state index contributed by atoms with van der Waals surface area (Å²) in [6.07, 6.45) is 1.38. The Morgan fingerprint density at radius 2 is 2.05 bits per heavy atom. The highest BCUT2D eigenvalue weighted by Gasteiger charge is 2.23. The summed E-state index contributed by atoms with van der Waals surface area (Å²) in [5, 5.41) is 11.6. The Balaban J connectivity index is 2.69.